The molecule has 0 unspecified atom stereocenters. The van der Waals surface area contributed by atoms with E-state index in [1.807, 2.05) is 0 Å². The Morgan fingerprint density at radius 2 is 1.00 bits per heavy atom. The van der Waals surface area contributed by atoms with Crippen LogP contribution in [-0.4, -0.2) is 10.6 Å². The van der Waals surface area contributed by atoms with E-state index in [9.17, 15) is 0 Å². The number of rotatable bonds is 0. The Balaban J connectivity index is 3.73. The molecule has 0 heterocycles. The summed E-state index contributed by atoms with van der Waals surface area (Å²) >= 11 is 2.74. The van der Waals surface area contributed by atoms with E-state index in [0.717, 1.165) is 0 Å². The van der Waals surface area contributed by atoms with Gasteiger partial charge in [-0.3, -0.25) is 0 Å². The zero-order valence-corrected chi connectivity index (χ0v) is 9.50. The predicted octanol–water partition coefficient (Wildman–Crippen LogP) is 3.22. The molecular weight excluding hydrogens is 343 g/mol. The van der Waals surface area contributed by atoms with Gasteiger partial charge in [0.1, 0.15) is 0 Å². The van der Waals surface area contributed by atoms with E-state index >= 15 is 0 Å². The normalized spacial score (nSPS) is 19.2. The van der Waals surface area contributed by atoms with Crippen molar-refractivity contribution in [1.82, 2.24) is 0 Å². The van der Waals surface area contributed by atoms with Gasteiger partial charge in [0.25, 0.3) is 0 Å². The van der Waals surface area contributed by atoms with Crippen LogP contribution in [0.25, 0.3) is 0 Å². The van der Waals surface area contributed by atoms with Gasteiger partial charge in [0.15, 0.2) is 0 Å². The van der Waals surface area contributed by atoms with E-state index in [1.54, 1.807) is 0 Å². The molecule has 0 saturated carbocycles. The Hall–Kier alpha value is 2.46. The van der Waals surface area contributed by atoms with E-state index in [-0.39, 0.29) is 0 Å². The summed E-state index contributed by atoms with van der Waals surface area (Å²) in [7, 11) is 16.8. The van der Waals surface area contributed by atoms with Crippen molar-refractivity contribution in [1.29, 1.82) is 0 Å². The summed E-state index contributed by atoms with van der Waals surface area (Å²) in [6, 6.07) is 0. The van der Waals surface area contributed by atoms with Gasteiger partial charge in [-0.05, 0) is 0 Å². The molecule has 0 rings (SSSR count). The quantitative estimate of drug-likeness (QED) is 0.593. The van der Waals surface area contributed by atoms with E-state index in [0.29, 0.717) is 0 Å². The summed E-state index contributed by atoms with van der Waals surface area (Å²) in [6.45, 7) is 0. The van der Waals surface area contributed by atoms with Gasteiger partial charge in [0.2, 0.25) is 0 Å². The van der Waals surface area contributed by atoms with Crippen molar-refractivity contribution >= 4 is 58.5 Å². The van der Waals surface area contributed by atoms with Crippen molar-refractivity contribution < 1.29 is 0 Å². The third-order valence-corrected chi connectivity index (χ3v) is 0. The molecule has 6 heteroatoms. The molecule has 0 atom stereocenters. The van der Waals surface area contributed by atoms with Crippen LogP contribution in [0.15, 0.2) is 0 Å². The first-order chi connectivity index (χ1) is 2.24. The monoisotopic (exact) mass is 340 g/mol. The maximum atomic E-state index is 5.20. The topological polar surface area (TPSA) is 0 Å². The predicted molar refractivity (Wildman–Crippen MR) is 38.1 cm³/mol. The first kappa shape index (κ1) is 8.46. The zero-order chi connectivity index (χ0) is 5.45. The van der Waals surface area contributed by atoms with Crippen LogP contribution in [0.1, 0.15) is 0 Å². The summed E-state index contributed by atoms with van der Waals surface area (Å²) in [5.41, 5.74) is 0. The fraction of sp³-hybridized carbons (Fsp3) is 0. The van der Waals surface area contributed by atoms with Gasteiger partial charge in [-0.15, -0.1) is 0 Å². The minimum absolute atomic E-state index is 2.74. The Labute approximate surface area is 57.5 Å². The molecule has 0 saturated heterocycles. The van der Waals surface area contributed by atoms with Crippen molar-refractivity contribution in [2.24, 2.45) is 0 Å². The van der Waals surface area contributed by atoms with E-state index in [2.05, 4.69) is 12.6 Å². The Bertz CT molecular complexity index is 40.7. The van der Waals surface area contributed by atoms with Crippen molar-refractivity contribution in [2.75, 3.05) is 0 Å². The first-order valence-electron chi connectivity index (χ1n) is 0.845. The molecule has 0 amide bonds. The maximum absolute atomic E-state index is 5.20. The summed E-state index contributed by atoms with van der Waals surface area (Å²) in [4.78, 5) is 0. The van der Waals surface area contributed by atoms with Crippen LogP contribution in [-0.2, 0) is 0 Å². The van der Waals surface area contributed by atoms with E-state index in [4.69, 9.17) is 35.3 Å². The standard InChI is InChI=1S/BrH.4ClH.Sb/h5*1H;/q;;;;;+5/p-5. The molecule has 0 nitrogen and oxygen atoms in total. The Morgan fingerprint density at radius 3 is 1.00 bits per heavy atom. The van der Waals surface area contributed by atoms with Gasteiger partial charge in [0.05, 0.1) is 0 Å². The molecular formula is BrCl4Sb. The molecule has 0 bridgehead atoms. The Morgan fingerprint density at radius 1 is 1.00 bits per heavy atom. The van der Waals surface area contributed by atoms with Crippen LogP contribution >= 0.6 is 47.9 Å². The molecule has 0 aromatic rings. The molecule has 0 aliphatic rings. The number of hydrogen-bond donors (Lipinski definition) is 0. The summed E-state index contributed by atoms with van der Waals surface area (Å²) in [6.07, 6.45) is 0. The molecule has 0 fully saturated rings. The number of hydrogen-bond acceptors (Lipinski definition) is 0. The summed E-state index contributed by atoms with van der Waals surface area (Å²) in [5, 5.41) is 0. The van der Waals surface area contributed by atoms with Crippen LogP contribution in [0, 0.1) is 0 Å². The molecule has 0 aromatic heterocycles. The second kappa shape index (κ2) is 2.00. The fourth-order valence-corrected chi connectivity index (χ4v) is 0. The van der Waals surface area contributed by atoms with Crippen LogP contribution in [0.2, 0.25) is 0 Å². The van der Waals surface area contributed by atoms with Crippen molar-refractivity contribution in [3.63, 3.8) is 0 Å². The first-order valence-corrected chi connectivity index (χ1v) is 19.5. The van der Waals surface area contributed by atoms with Gasteiger partial charge < -0.3 is 0 Å². The van der Waals surface area contributed by atoms with E-state index in [1.165, 1.54) is 0 Å². The third-order valence-electron chi connectivity index (χ3n) is 0. The molecule has 40 valence electrons. The second-order valence-electron chi connectivity index (χ2n) is 0.639. The molecule has 6 heavy (non-hydrogen) atoms. The molecule has 0 radical (unpaired) electrons. The van der Waals surface area contributed by atoms with Crippen LogP contribution in [0.3, 0.4) is 0 Å². The molecule has 0 N–H and O–H groups in total. The Kier molecular flexibility index (Phi) is 2.83. The fourth-order valence-electron chi connectivity index (χ4n) is 0. The van der Waals surface area contributed by atoms with Crippen LogP contribution in [0.4, 0.5) is 0 Å². The van der Waals surface area contributed by atoms with Gasteiger partial charge in [0, 0.05) is 0 Å². The van der Waals surface area contributed by atoms with Gasteiger partial charge >= 0.3 is 58.5 Å². The van der Waals surface area contributed by atoms with Crippen molar-refractivity contribution in [3.8, 4) is 0 Å². The average molecular weight is 343 g/mol. The minimum atomic E-state index is -3.99. The zero-order valence-electron chi connectivity index (χ0n) is 2.34. The third kappa shape index (κ3) is 31.8. The van der Waals surface area contributed by atoms with Crippen molar-refractivity contribution in [2.45, 2.75) is 0 Å². The van der Waals surface area contributed by atoms with E-state index < -0.39 is 10.6 Å². The molecule has 0 aliphatic heterocycles. The van der Waals surface area contributed by atoms with Gasteiger partial charge in [-0.25, -0.2) is 0 Å². The molecule has 0 aromatic carbocycles. The second-order valence-corrected chi connectivity index (χ2v) is 49.9. The molecule has 0 spiro atoms. The van der Waals surface area contributed by atoms with Crippen molar-refractivity contribution in [3.05, 3.63) is 0 Å². The average Bonchev–Trinajstić information content (AvgIpc) is 0.650. The summed E-state index contributed by atoms with van der Waals surface area (Å²) < 4.78 is 0. The SMILES string of the molecule is [Cl][Sb]([Cl])([Cl])([Cl])[Br]. The summed E-state index contributed by atoms with van der Waals surface area (Å²) in [5.74, 6) is 0. The van der Waals surface area contributed by atoms with Gasteiger partial charge in [-0.1, -0.05) is 0 Å². The number of halogens is 5. The van der Waals surface area contributed by atoms with Gasteiger partial charge in [-0.2, -0.15) is 0 Å². The van der Waals surface area contributed by atoms with Crippen LogP contribution < -0.4 is 0 Å². The van der Waals surface area contributed by atoms with Crippen LogP contribution in [0.5, 0.6) is 0 Å². The molecule has 0 aliphatic carbocycles.